The van der Waals surface area contributed by atoms with Gasteiger partial charge in [-0.3, -0.25) is 4.98 Å². The van der Waals surface area contributed by atoms with Gasteiger partial charge in [0.25, 0.3) is 0 Å². The molecule has 0 unspecified atom stereocenters. The number of halogens is 3. The number of nitrogens with zero attached hydrogens (tertiary/aromatic N) is 3. The van der Waals surface area contributed by atoms with Crippen molar-refractivity contribution in [3.8, 4) is 11.5 Å². The van der Waals surface area contributed by atoms with Crippen molar-refractivity contribution in [3.63, 3.8) is 0 Å². The molecule has 0 aliphatic heterocycles. The average molecular weight is 448 g/mol. The number of aliphatic imine (C=N–C) groups is 1. The molecule has 2 aromatic heterocycles. The summed E-state index contributed by atoms with van der Waals surface area (Å²) in [7, 11) is 1.75. The van der Waals surface area contributed by atoms with Gasteiger partial charge in [0.2, 0.25) is 5.89 Å². The SMILES string of the molecule is CC=NC.CCC/C=C(\C)CC.Cc1cnccc1-c1nc2cc(C(F)(F)F)ccc2o1. The van der Waals surface area contributed by atoms with Crippen LogP contribution in [0.5, 0.6) is 0 Å². The number of unbranched alkanes of at least 4 members (excludes halogenated alkanes) is 1. The maximum absolute atomic E-state index is 12.6. The summed E-state index contributed by atoms with van der Waals surface area (Å²) in [6, 6.07) is 4.96. The van der Waals surface area contributed by atoms with Crippen LogP contribution in [-0.4, -0.2) is 23.2 Å². The third-order valence-electron chi connectivity index (χ3n) is 4.56. The molecule has 1 aromatic carbocycles. The summed E-state index contributed by atoms with van der Waals surface area (Å²) in [6.45, 7) is 10.3. The van der Waals surface area contributed by atoms with Crippen molar-refractivity contribution in [2.75, 3.05) is 7.05 Å². The highest BCUT2D eigenvalue weighted by atomic mass is 19.4. The first-order valence-corrected chi connectivity index (χ1v) is 10.6. The van der Waals surface area contributed by atoms with E-state index in [1.54, 1.807) is 31.7 Å². The molecule has 3 aromatic rings. The number of fused-ring (bicyclic) bond motifs is 1. The standard InChI is InChI=1S/C14H9F3N2O.C8H16.C3H7N/c1-8-7-18-5-4-10(8)13-19-11-6-9(14(15,16)17)2-3-12(11)20-13;1-4-6-7-8(3)5-2;1-3-4-2/h2-7H,1H3;7H,4-6H2,1-3H3;3H,1-2H3/b;8-7+;. The molecule has 0 aliphatic carbocycles. The Kier molecular flexibility index (Phi) is 11.4. The number of oxazole rings is 1. The molecule has 3 rings (SSSR count). The fourth-order valence-electron chi connectivity index (χ4n) is 2.47. The second-order valence-electron chi connectivity index (χ2n) is 7.10. The molecule has 0 amide bonds. The van der Waals surface area contributed by atoms with Crippen LogP contribution < -0.4 is 0 Å². The van der Waals surface area contributed by atoms with Gasteiger partial charge in [-0.25, -0.2) is 4.98 Å². The van der Waals surface area contributed by atoms with Gasteiger partial charge >= 0.3 is 6.18 Å². The normalized spacial score (nSPS) is 11.7. The molecular formula is C25H32F3N3O. The molecule has 7 heteroatoms. The van der Waals surface area contributed by atoms with Crippen molar-refractivity contribution < 1.29 is 17.6 Å². The Hall–Kier alpha value is -2.96. The molecule has 32 heavy (non-hydrogen) atoms. The first-order chi connectivity index (χ1) is 15.2. The number of aromatic nitrogens is 2. The van der Waals surface area contributed by atoms with Crippen molar-refractivity contribution in [3.05, 3.63) is 59.4 Å². The number of hydrogen-bond acceptors (Lipinski definition) is 4. The Morgan fingerprint density at radius 3 is 2.41 bits per heavy atom. The predicted molar refractivity (Wildman–Crippen MR) is 126 cm³/mol. The van der Waals surface area contributed by atoms with E-state index < -0.39 is 11.7 Å². The Morgan fingerprint density at radius 2 is 1.88 bits per heavy atom. The summed E-state index contributed by atoms with van der Waals surface area (Å²) in [5.74, 6) is 0.291. The predicted octanol–water partition coefficient (Wildman–Crippen LogP) is 8.07. The topological polar surface area (TPSA) is 51.3 Å². The van der Waals surface area contributed by atoms with Crippen LogP contribution in [0.4, 0.5) is 13.2 Å². The third kappa shape index (κ3) is 8.65. The maximum atomic E-state index is 12.6. The van der Waals surface area contributed by atoms with Crippen LogP contribution in [0.1, 0.15) is 58.1 Å². The summed E-state index contributed by atoms with van der Waals surface area (Å²) in [4.78, 5) is 11.7. The molecule has 0 spiro atoms. The Bertz CT molecular complexity index is 1020. The Morgan fingerprint density at radius 1 is 1.19 bits per heavy atom. The van der Waals surface area contributed by atoms with Gasteiger partial charge in [-0.2, -0.15) is 13.2 Å². The summed E-state index contributed by atoms with van der Waals surface area (Å²) in [5, 5.41) is 0. The van der Waals surface area contributed by atoms with E-state index in [1.165, 1.54) is 30.9 Å². The minimum absolute atomic E-state index is 0.186. The molecule has 0 fully saturated rings. The number of alkyl halides is 3. The van der Waals surface area contributed by atoms with E-state index in [0.29, 0.717) is 17.0 Å². The highest BCUT2D eigenvalue weighted by molar-refractivity contribution is 5.77. The first-order valence-electron chi connectivity index (χ1n) is 10.6. The smallest absolute Gasteiger partial charge is 0.416 e. The van der Waals surface area contributed by atoms with E-state index in [4.69, 9.17) is 4.42 Å². The summed E-state index contributed by atoms with van der Waals surface area (Å²) in [6.07, 6.45) is 6.64. The molecule has 0 radical (unpaired) electrons. The monoisotopic (exact) mass is 447 g/mol. The van der Waals surface area contributed by atoms with Crippen LogP contribution in [0.3, 0.4) is 0 Å². The molecule has 2 heterocycles. The maximum Gasteiger partial charge on any atom is 0.416 e. The molecule has 174 valence electrons. The van der Waals surface area contributed by atoms with E-state index in [0.717, 1.165) is 17.7 Å². The van der Waals surface area contributed by atoms with E-state index in [1.807, 2.05) is 13.8 Å². The minimum atomic E-state index is -4.39. The largest absolute Gasteiger partial charge is 0.436 e. The van der Waals surface area contributed by atoms with Crippen molar-refractivity contribution in [1.82, 2.24) is 9.97 Å². The molecular weight excluding hydrogens is 415 g/mol. The number of benzene rings is 1. The van der Waals surface area contributed by atoms with Gasteiger partial charge in [0.15, 0.2) is 5.58 Å². The highest BCUT2D eigenvalue weighted by Gasteiger charge is 2.31. The van der Waals surface area contributed by atoms with Crippen molar-refractivity contribution in [2.45, 2.75) is 60.1 Å². The molecule has 0 saturated carbocycles. The van der Waals surface area contributed by atoms with Crippen LogP contribution >= 0.6 is 0 Å². The minimum Gasteiger partial charge on any atom is -0.436 e. The lowest BCUT2D eigenvalue weighted by molar-refractivity contribution is -0.137. The van der Waals surface area contributed by atoms with Crippen molar-refractivity contribution >= 4 is 17.3 Å². The summed E-state index contributed by atoms with van der Waals surface area (Å²) < 4.78 is 43.4. The van der Waals surface area contributed by atoms with Gasteiger partial charge in [-0.1, -0.05) is 31.9 Å². The lowest BCUT2D eigenvalue weighted by atomic mass is 10.1. The van der Waals surface area contributed by atoms with Gasteiger partial charge in [-0.05, 0) is 69.7 Å². The number of pyridine rings is 1. The van der Waals surface area contributed by atoms with E-state index in [-0.39, 0.29) is 5.52 Å². The molecule has 0 saturated heterocycles. The van der Waals surface area contributed by atoms with Crippen LogP contribution in [0.2, 0.25) is 0 Å². The van der Waals surface area contributed by atoms with Crippen molar-refractivity contribution in [1.29, 1.82) is 0 Å². The fraction of sp³-hybridized carbons (Fsp3) is 0.400. The second-order valence-corrected chi connectivity index (χ2v) is 7.10. The molecule has 0 aliphatic rings. The van der Waals surface area contributed by atoms with Crippen LogP contribution in [0, 0.1) is 6.92 Å². The number of rotatable bonds is 4. The van der Waals surface area contributed by atoms with Crippen LogP contribution in [0.25, 0.3) is 22.6 Å². The zero-order chi connectivity index (χ0) is 24.1. The average Bonchev–Trinajstić information content (AvgIpc) is 3.21. The zero-order valence-electron chi connectivity index (χ0n) is 19.6. The van der Waals surface area contributed by atoms with Crippen LogP contribution in [0.15, 0.2) is 57.7 Å². The van der Waals surface area contributed by atoms with Gasteiger partial charge in [-0.15, -0.1) is 0 Å². The quantitative estimate of drug-likeness (QED) is 0.300. The third-order valence-corrected chi connectivity index (χ3v) is 4.56. The Labute approximate surface area is 188 Å². The van der Waals surface area contributed by atoms with E-state index >= 15 is 0 Å². The van der Waals surface area contributed by atoms with Gasteiger partial charge < -0.3 is 9.41 Å². The zero-order valence-corrected chi connectivity index (χ0v) is 19.6. The lowest BCUT2D eigenvalue weighted by Gasteiger charge is -2.04. The lowest BCUT2D eigenvalue weighted by Crippen LogP contribution is -2.03. The fourth-order valence-corrected chi connectivity index (χ4v) is 2.47. The molecule has 0 bridgehead atoms. The van der Waals surface area contributed by atoms with E-state index in [9.17, 15) is 13.2 Å². The van der Waals surface area contributed by atoms with Gasteiger partial charge in [0, 0.05) is 25.0 Å². The van der Waals surface area contributed by atoms with Gasteiger partial charge in [0.1, 0.15) is 5.52 Å². The summed E-state index contributed by atoms with van der Waals surface area (Å²) in [5.41, 5.74) is 2.85. The first kappa shape index (κ1) is 27.1. The number of hydrogen-bond donors (Lipinski definition) is 0. The van der Waals surface area contributed by atoms with Crippen molar-refractivity contribution in [2.24, 2.45) is 4.99 Å². The summed E-state index contributed by atoms with van der Waals surface area (Å²) >= 11 is 0. The number of aryl methyl sites for hydroxylation is 1. The van der Waals surface area contributed by atoms with Crippen LogP contribution in [-0.2, 0) is 6.18 Å². The van der Waals surface area contributed by atoms with Gasteiger partial charge in [0.05, 0.1) is 5.56 Å². The molecule has 4 nitrogen and oxygen atoms in total. The Balaban J connectivity index is 0.000000357. The van der Waals surface area contributed by atoms with E-state index in [2.05, 4.69) is 41.8 Å². The second kappa shape index (κ2) is 13.5. The molecule has 0 N–H and O–H groups in total. The highest BCUT2D eigenvalue weighted by Crippen LogP contribution is 2.33. The number of allylic oxidation sites excluding steroid dienone is 2. The molecule has 0 atom stereocenters.